The molecule has 1 aromatic rings. The first-order valence-corrected chi connectivity index (χ1v) is 15.2. The van der Waals surface area contributed by atoms with E-state index in [0.717, 1.165) is 32.4 Å². The first-order valence-electron chi connectivity index (χ1n) is 15.2. The lowest BCUT2D eigenvalue weighted by Gasteiger charge is -2.40. The fraction of sp³-hybridized carbons (Fsp3) is 0.594. The molecule has 42 heavy (non-hydrogen) atoms. The predicted octanol–water partition coefficient (Wildman–Crippen LogP) is 1.70. The molecule has 3 saturated heterocycles. The van der Waals surface area contributed by atoms with Crippen LogP contribution in [0, 0.1) is 11.8 Å². The quantitative estimate of drug-likeness (QED) is 0.401. The summed E-state index contributed by atoms with van der Waals surface area (Å²) < 4.78 is 18.1. The van der Waals surface area contributed by atoms with Crippen molar-refractivity contribution in [1.29, 1.82) is 0 Å². The van der Waals surface area contributed by atoms with Crippen LogP contribution in [0.25, 0.3) is 0 Å². The van der Waals surface area contributed by atoms with Crippen molar-refractivity contribution in [2.45, 2.75) is 49.5 Å². The Kier molecular flexibility index (Phi) is 8.24. The summed E-state index contributed by atoms with van der Waals surface area (Å²) in [6.07, 6.45) is 10.0. The van der Waals surface area contributed by atoms with E-state index in [2.05, 4.69) is 4.90 Å². The average molecular weight is 580 g/mol. The standard InChI is InChI=1S/C32H41N3O7/c1-31-12-7-2-3-8-19-41-30(39)26(31)25-28(37)35(24(22-36)23-10-5-4-6-11-23)27-29(38)34(14-9-13-32(25,27)42-31)16-15-33-17-20-40-21-18-33/h4-7,9-13,24-27,36H,2-3,8,14-22H2,1H3/b12-7-/t24-,25+,26-,27?,31+,32+/m1/s1. The van der Waals surface area contributed by atoms with Crippen LogP contribution in [-0.4, -0.2) is 114 Å². The molecule has 5 aliphatic heterocycles. The highest BCUT2D eigenvalue weighted by Crippen LogP contribution is 2.58. The van der Waals surface area contributed by atoms with Crippen molar-refractivity contribution >= 4 is 17.8 Å². The number of aliphatic hydroxyl groups excluding tert-OH is 1. The van der Waals surface area contributed by atoms with Gasteiger partial charge in [-0.2, -0.15) is 0 Å². The third-order valence-electron chi connectivity index (χ3n) is 9.50. The second-order valence-corrected chi connectivity index (χ2v) is 12.1. The number of rotatable bonds is 6. The van der Waals surface area contributed by atoms with Crippen molar-refractivity contribution in [2.24, 2.45) is 11.8 Å². The second kappa shape index (κ2) is 11.9. The fourth-order valence-corrected chi connectivity index (χ4v) is 7.44. The molecule has 1 spiro atoms. The lowest BCUT2D eigenvalue weighted by Crippen LogP contribution is -2.57. The number of morpholine rings is 1. The molecule has 0 radical (unpaired) electrons. The summed E-state index contributed by atoms with van der Waals surface area (Å²) in [5.41, 5.74) is -1.84. The Hall–Kier alpha value is -3.05. The minimum atomic E-state index is -1.40. The van der Waals surface area contributed by atoms with E-state index in [1.54, 1.807) is 4.90 Å². The van der Waals surface area contributed by atoms with Gasteiger partial charge in [-0.1, -0.05) is 54.6 Å². The van der Waals surface area contributed by atoms with Gasteiger partial charge in [-0.3, -0.25) is 19.3 Å². The topological polar surface area (TPSA) is 109 Å². The Morgan fingerprint density at radius 1 is 0.952 bits per heavy atom. The van der Waals surface area contributed by atoms with Gasteiger partial charge in [0.15, 0.2) is 0 Å². The number of aliphatic hydroxyl groups is 1. The summed E-state index contributed by atoms with van der Waals surface area (Å²) in [7, 11) is 0. The van der Waals surface area contributed by atoms with Gasteiger partial charge in [0.2, 0.25) is 11.8 Å². The molecule has 0 saturated carbocycles. The molecule has 3 fully saturated rings. The highest BCUT2D eigenvalue weighted by Gasteiger charge is 2.75. The van der Waals surface area contributed by atoms with Gasteiger partial charge in [-0.15, -0.1) is 0 Å². The fourth-order valence-electron chi connectivity index (χ4n) is 7.44. The Morgan fingerprint density at radius 2 is 1.74 bits per heavy atom. The van der Waals surface area contributed by atoms with E-state index in [-0.39, 0.29) is 25.0 Å². The molecule has 6 atom stereocenters. The van der Waals surface area contributed by atoms with E-state index < -0.39 is 41.1 Å². The van der Waals surface area contributed by atoms with Crippen molar-refractivity contribution in [2.75, 3.05) is 59.2 Å². The monoisotopic (exact) mass is 579 g/mol. The number of carbonyl (C=O) groups excluding carboxylic acids is 3. The van der Waals surface area contributed by atoms with Gasteiger partial charge in [0.1, 0.15) is 17.6 Å². The molecule has 6 rings (SSSR count). The normalized spacial score (nSPS) is 35.2. The van der Waals surface area contributed by atoms with E-state index in [0.29, 0.717) is 38.4 Å². The largest absolute Gasteiger partial charge is 0.465 e. The van der Waals surface area contributed by atoms with Crippen LogP contribution < -0.4 is 0 Å². The number of hydrogen-bond donors (Lipinski definition) is 1. The second-order valence-electron chi connectivity index (χ2n) is 12.1. The number of cyclic esters (lactones) is 1. The maximum absolute atomic E-state index is 14.7. The summed E-state index contributed by atoms with van der Waals surface area (Å²) in [5, 5.41) is 10.7. The van der Waals surface area contributed by atoms with Gasteiger partial charge in [0.25, 0.3) is 0 Å². The minimum Gasteiger partial charge on any atom is -0.465 e. The SMILES string of the molecule is C[C@]12/C=C\CCCCOC(=O)[C@H]1[C@H]1C(=O)N([C@H](CO)c3ccccc3)C3C(=O)N(CCN4CCOCC4)CC=C[C@@]31O2. The van der Waals surface area contributed by atoms with Gasteiger partial charge in [-0.05, 0) is 31.7 Å². The molecule has 0 aliphatic carbocycles. The van der Waals surface area contributed by atoms with Gasteiger partial charge in [0, 0.05) is 32.7 Å². The Bertz CT molecular complexity index is 1230. The number of allylic oxidation sites excluding steroid dienone is 1. The summed E-state index contributed by atoms with van der Waals surface area (Å²) in [6.45, 7) is 6.15. The molecule has 10 nitrogen and oxygen atoms in total. The molecule has 1 unspecified atom stereocenters. The maximum Gasteiger partial charge on any atom is 0.313 e. The molecule has 10 heteroatoms. The van der Waals surface area contributed by atoms with Gasteiger partial charge < -0.3 is 29.1 Å². The zero-order chi connectivity index (χ0) is 29.3. The van der Waals surface area contributed by atoms with Crippen molar-refractivity contribution in [3.63, 3.8) is 0 Å². The van der Waals surface area contributed by atoms with Crippen LogP contribution in [0.5, 0.6) is 0 Å². The predicted molar refractivity (Wildman–Crippen MR) is 153 cm³/mol. The van der Waals surface area contributed by atoms with Crippen molar-refractivity contribution in [3.05, 3.63) is 60.2 Å². The molecule has 1 aromatic carbocycles. The lowest BCUT2D eigenvalue weighted by molar-refractivity contribution is -0.161. The van der Waals surface area contributed by atoms with Gasteiger partial charge in [-0.25, -0.2) is 0 Å². The summed E-state index contributed by atoms with van der Waals surface area (Å²) in [4.78, 5) is 48.5. The lowest BCUT2D eigenvalue weighted by atomic mass is 9.74. The molecule has 2 amide bonds. The number of benzene rings is 1. The van der Waals surface area contributed by atoms with Crippen molar-refractivity contribution < 1.29 is 33.7 Å². The highest BCUT2D eigenvalue weighted by molar-refractivity contribution is 5.99. The van der Waals surface area contributed by atoms with Crippen molar-refractivity contribution in [3.8, 4) is 0 Å². The van der Waals surface area contributed by atoms with Crippen LogP contribution in [0.3, 0.4) is 0 Å². The summed E-state index contributed by atoms with van der Waals surface area (Å²) >= 11 is 0. The Morgan fingerprint density at radius 3 is 2.50 bits per heavy atom. The Labute approximate surface area is 246 Å². The number of nitrogens with zero attached hydrogens (tertiary/aromatic N) is 3. The zero-order valence-electron chi connectivity index (χ0n) is 24.2. The van der Waals surface area contributed by atoms with Crippen molar-refractivity contribution in [1.82, 2.24) is 14.7 Å². The van der Waals surface area contributed by atoms with Crippen LogP contribution in [0.15, 0.2) is 54.6 Å². The van der Waals surface area contributed by atoms with Gasteiger partial charge >= 0.3 is 5.97 Å². The molecule has 1 N–H and O–H groups in total. The molecule has 5 heterocycles. The smallest absolute Gasteiger partial charge is 0.313 e. The third kappa shape index (κ3) is 4.98. The number of esters is 1. The van der Waals surface area contributed by atoms with E-state index in [1.165, 1.54) is 4.90 Å². The van der Waals surface area contributed by atoms with E-state index in [9.17, 15) is 19.5 Å². The van der Waals surface area contributed by atoms with E-state index in [4.69, 9.17) is 14.2 Å². The van der Waals surface area contributed by atoms with Crippen LogP contribution >= 0.6 is 0 Å². The van der Waals surface area contributed by atoms with Crippen LogP contribution in [0.2, 0.25) is 0 Å². The van der Waals surface area contributed by atoms with Crippen LogP contribution in [0.1, 0.15) is 37.8 Å². The molecular formula is C32H41N3O7. The van der Waals surface area contributed by atoms with E-state index in [1.807, 2.05) is 61.6 Å². The third-order valence-corrected chi connectivity index (χ3v) is 9.50. The average Bonchev–Trinajstić information content (AvgIpc) is 3.33. The number of ether oxygens (including phenoxy) is 3. The maximum atomic E-state index is 14.7. The number of fused-ring (bicyclic) bond motifs is 2. The molecule has 5 aliphatic rings. The number of amides is 2. The molecule has 0 bridgehead atoms. The highest BCUT2D eigenvalue weighted by atomic mass is 16.6. The molecular weight excluding hydrogens is 538 g/mol. The van der Waals surface area contributed by atoms with Crippen LogP contribution in [0.4, 0.5) is 0 Å². The first-order chi connectivity index (χ1) is 20.4. The number of carbonyl (C=O) groups is 3. The zero-order valence-corrected chi connectivity index (χ0v) is 24.2. The molecule has 226 valence electrons. The number of hydrogen-bond acceptors (Lipinski definition) is 8. The first kappa shape index (κ1) is 29.0. The molecule has 0 aromatic heterocycles. The number of likely N-dealkylation sites (tertiary alicyclic amines) is 1. The summed E-state index contributed by atoms with van der Waals surface area (Å²) in [5.74, 6) is -3.05. The van der Waals surface area contributed by atoms with E-state index >= 15 is 0 Å². The van der Waals surface area contributed by atoms with Gasteiger partial charge in [0.05, 0.1) is 44.0 Å². The Balaban J connectivity index is 1.43. The summed E-state index contributed by atoms with van der Waals surface area (Å²) in [6, 6.07) is 7.38. The minimum absolute atomic E-state index is 0.247. The van der Waals surface area contributed by atoms with Crippen LogP contribution in [-0.2, 0) is 28.6 Å².